The molecular weight excluding hydrogens is 392 g/mol. The summed E-state index contributed by atoms with van der Waals surface area (Å²) in [6.45, 7) is 0. The maximum absolute atomic E-state index is 13.3. The lowest BCUT2D eigenvalue weighted by Gasteiger charge is -2.26. The Morgan fingerprint density at radius 1 is 1.00 bits per heavy atom. The molecule has 7 nitrogen and oxygen atoms in total. The fourth-order valence-electron chi connectivity index (χ4n) is 4.13. The Labute approximate surface area is 180 Å². The zero-order valence-corrected chi connectivity index (χ0v) is 17.3. The van der Waals surface area contributed by atoms with Crippen molar-refractivity contribution in [3.05, 3.63) is 87.1 Å². The molecule has 0 bridgehead atoms. The second-order valence-corrected chi connectivity index (χ2v) is 7.97. The highest BCUT2D eigenvalue weighted by Crippen LogP contribution is 2.20. The SMILES string of the molecule is O=C(NC1CCCCC1)C(Cc1ccccc1)n1[nH]c(=O)nc(-c2ccccc2)c1=O. The van der Waals surface area contributed by atoms with Crippen molar-refractivity contribution in [2.75, 3.05) is 0 Å². The molecule has 1 aliphatic rings. The largest absolute Gasteiger partial charge is 0.360 e. The van der Waals surface area contributed by atoms with E-state index in [9.17, 15) is 14.4 Å². The molecule has 0 radical (unpaired) electrons. The van der Waals surface area contributed by atoms with Gasteiger partial charge in [0.05, 0.1) is 0 Å². The number of aromatic nitrogens is 3. The molecule has 31 heavy (non-hydrogen) atoms. The molecule has 1 aliphatic carbocycles. The van der Waals surface area contributed by atoms with Gasteiger partial charge < -0.3 is 5.32 Å². The molecule has 1 fully saturated rings. The number of benzene rings is 2. The van der Waals surface area contributed by atoms with E-state index >= 15 is 0 Å². The number of H-pyrrole nitrogens is 1. The number of aromatic amines is 1. The zero-order valence-electron chi connectivity index (χ0n) is 17.3. The molecule has 1 heterocycles. The van der Waals surface area contributed by atoms with Gasteiger partial charge in [-0.25, -0.2) is 14.6 Å². The Kier molecular flexibility index (Phi) is 6.40. The van der Waals surface area contributed by atoms with Gasteiger partial charge in [0.1, 0.15) is 11.7 Å². The molecule has 1 atom stereocenters. The number of carbonyl (C=O) groups is 1. The van der Waals surface area contributed by atoms with E-state index in [4.69, 9.17) is 0 Å². The van der Waals surface area contributed by atoms with Crippen LogP contribution in [0, 0.1) is 0 Å². The van der Waals surface area contributed by atoms with Crippen LogP contribution in [0.5, 0.6) is 0 Å². The third-order valence-corrected chi connectivity index (χ3v) is 5.74. The maximum atomic E-state index is 13.3. The Balaban J connectivity index is 1.74. The number of carbonyl (C=O) groups excluding carboxylic acids is 1. The minimum absolute atomic E-state index is 0.0351. The zero-order chi connectivity index (χ0) is 21.6. The van der Waals surface area contributed by atoms with Gasteiger partial charge in [-0.2, -0.15) is 4.98 Å². The first-order valence-electron chi connectivity index (χ1n) is 10.7. The second-order valence-electron chi connectivity index (χ2n) is 7.97. The van der Waals surface area contributed by atoms with Crippen LogP contribution in [0.4, 0.5) is 0 Å². The molecule has 1 unspecified atom stereocenters. The van der Waals surface area contributed by atoms with Crippen molar-refractivity contribution in [3.63, 3.8) is 0 Å². The molecule has 160 valence electrons. The van der Waals surface area contributed by atoms with Crippen molar-refractivity contribution >= 4 is 5.91 Å². The Hall–Kier alpha value is -3.48. The van der Waals surface area contributed by atoms with Crippen LogP contribution in [-0.4, -0.2) is 26.7 Å². The summed E-state index contributed by atoms with van der Waals surface area (Å²) in [5.74, 6) is -0.265. The first-order valence-corrected chi connectivity index (χ1v) is 10.7. The predicted octanol–water partition coefficient (Wildman–Crippen LogP) is 2.83. The lowest BCUT2D eigenvalue weighted by molar-refractivity contribution is -0.125. The normalized spacial score (nSPS) is 15.4. The van der Waals surface area contributed by atoms with Gasteiger partial charge in [-0.05, 0) is 18.4 Å². The van der Waals surface area contributed by atoms with Crippen LogP contribution in [0.15, 0.2) is 70.3 Å². The predicted molar refractivity (Wildman–Crippen MR) is 119 cm³/mol. The number of amides is 1. The van der Waals surface area contributed by atoms with Crippen molar-refractivity contribution in [1.29, 1.82) is 0 Å². The van der Waals surface area contributed by atoms with Crippen LogP contribution in [0.3, 0.4) is 0 Å². The number of hydrogen-bond donors (Lipinski definition) is 2. The van der Waals surface area contributed by atoms with E-state index in [-0.39, 0.29) is 24.1 Å². The summed E-state index contributed by atoms with van der Waals surface area (Å²) in [7, 11) is 0. The molecule has 1 amide bonds. The van der Waals surface area contributed by atoms with Gasteiger partial charge >= 0.3 is 5.69 Å². The van der Waals surface area contributed by atoms with E-state index in [1.54, 1.807) is 24.3 Å². The van der Waals surface area contributed by atoms with Crippen molar-refractivity contribution in [2.24, 2.45) is 0 Å². The summed E-state index contributed by atoms with van der Waals surface area (Å²) in [6.07, 6.45) is 5.49. The highest BCUT2D eigenvalue weighted by molar-refractivity contribution is 5.81. The standard InChI is InChI=1S/C24H26N4O3/c29-22(25-19-14-8-3-9-15-19)20(16-17-10-4-1-5-11-17)28-23(30)21(26-24(31)27-28)18-12-6-2-7-13-18/h1-2,4-7,10-13,19-20H,3,8-9,14-16H2,(H,25,29)(H,27,31). The van der Waals surface area contributed by atoms with Crippen LogP contribution in [0.1, 0.15) is 43.7 Å². The van der Waals surface area contributed by atoms with Crippen LogP contribution >= 0.6 is 0 Å². The van der Waals surface area contributed by atoms with Crippen LogP contribution in [-0.2, 0) is 11.2 Å². The van der Waals surface area contributed by atoms with E-state index in [2.05, 4.69) is 15.4 Å². The van der Waals surface area contributed by atoms with Crippen LogP contribution in [0.2, 0.25) is 0 Å². The minimum Gasteiger partial charge on any atom is -0.352 e. The average Bonchev–Trinajstić information content (AvgIpc) is 2.81. The lowest BCUT2D eigenvalue weighted by atomic mass is 9.95. The molecule has 7 heteroatoms. The number of rotatable bonds is 6. The Morgan fingerprint density at radius 2 is 1.65 bits per heavy atom. The van der Waals surface area contributed by atoms with E-state index in [1.165, 1.54) is 6.42 Å². The number of nitrogens with one attached hydrogen (secondary N) is 2. The molecule has 1 aromatic heterocycles. The summed E-state index contributed by atoms with van der Waals surface area (Å²) >= 11 is 0. The smallest absolute Gasteiger partial charge is 0.352 e. The molecule has 0 aliphatic heterocycles. The summed E-state index contributed by atoms with van der Waals surface area (Å²) < 4.78 is 1.14. The summed E-state index contributed by atoms with van der Waals surface area (Å²) in [5.41, 5.74) is 0.316. The molecule has 4 rings (SSSR count). The summed E-state index contributed by atoms with van der Waals surface area (Å²) in [4.78, 5) is 42.9. The summed E-state index contributed by atoms with van der Waals surface area (Å²) in [5, 5.41) is 5.60. The van der Waals surface area contributed by atoms with Crippen molar-refractivity contribution in [2.45, 2.75) is 50.6 Å². The second kappa shape index (κ2) is 9.55. The Bertz CT molecular complexity index is 1130. The van der Waals surface area contributed by atoms with Gasteiger partial charge in [0.15, 0.2) is 0 Å². The molecule has 0 spiro atoms. The van der Waals surface area contributed by atoms with Crippen molar-refractivity contribution < 1.29 is 4.79 Å². The topological polar surface area (TPSA) is 96.8 Å². The molecule has 2 N–H and O–H groups in total. The van der Waals surface area contributed by atoms with Gasteiger partial charge in [-0.1, -0.05) is 79.9 Å². The van der Waals surface area contributed by atoms with E-state index in [0.29, 0.717) is 5.56 Å². The number of hydrogen-bond acceptors (Lipinski definition) is 4. The van der Waals surface area contributed by atoms with Gasteiger partial charge in [-0.3, -0.25) is 9.59 Å². The third-order valence-electron chi connectivity index (χ3n) is 5.74. The number of nitrogens with zero attached hydrogens (tertiary/aromatic N) is 2. The van der Waals surface area contributed by atoms with E-state index in [0.717, 1.165) is 35.9 Å². The Morgan fingerprint density at radius 3 is 2.32 bits per heavy atom. The van der Waals surface area contributed by atoms with Gasteiger partial charge in [0.2, 0.25) is 5.91 Å². The van der Waals surface area contributed by atoms with Crippen molar-refractivity contribution in [1.82, 2.24) is 20.1 Å². The van der Waals surface area contributed by atoms with Crippen LogP contribution < -0.4 is 16.6 Å². The lowest BCUT2D eigenvalue weighted by Crippen LogP contribution is -2.46. The van der Waals surface area contributed by atoms with E-state index < -0.39 is 17.3 Å². The van der Waals surface area contributed by atoms with Gasteiger partial charge in [0.25, 0.3) is 5.56 Å². The van der Waals surface area contributed by atoms with Gasteiger partial charge in [0, 0.05) is 18.0 Å². The fraction of sp³-hybridized carbons (Fsp3) is 0.333. The highest BCUT2D eigenvalue weighted by atomic mass is 16.2. The highest BCUT2D eigenvalue weighted by Gasteiger charge is 2.27. The van der Waals surface area contributed by atoms with E-state index in [1.807, 2.05) is 36.4 Å². The average molecular weight is 418 g/mol. The fourth-order valence-corrected chi connectivity index (χ4v) is 4.13. The summed E-state index contributed by atoms with van der Waals surface area (Å²) in [6, 6.07) is 17.5. The first-order chi connectivity index (χ1) is 15.1. The first kappa shape index (κ1) is 20.8. The minimum atomic E-state index is -0.880. The van der Waals surface area contributed by atoms with Crippen LogP contribution in [0.25, 0.3) is 11.3 Å². The van der Waals surface area contributed by atoms with Crippen molar-refractivity contribution in [3.8, 4) is 11.3 Å². The molecular formula is C24H26N4O3. The van der Waals surface area contributed by atoms with Gasteiger partial charge in [-0.15, -0.1) is 0 Å². The molecule has 0 saturated heterocycles. The maximum Gasteiger partial charge on any atom is 0.360 e. The molecule has 2 aromatic carbocycles. The quantitative estimate of drug-likeness (QED) is 0.643. The molecule has 1 saturated carbocycles. The third kappa shape index (κ3) is 4.99. The molecule has 3 aromatic rings. The monoisotopic (exact) mass is 418 g/mol.